The van der Waals surface area contributed by atoms with Gasteiger partial charge in [-0.3, -0.25) is 28.0 Å². The number of fused-ring (bicyclic) bond motifs is 3. The van der Waals surface area contributed by atoms with E-state index in [2.05, 4.69) is 23.1 Å². The van der Waals surface area contributed by atoms with E-state index in [0.717, 1.165) is 49.0 Å². The number of carbonyl (C=O) groups excluding carboxylic acids is 3. The number of anilines is 1. The van der Waals surface area contributed by atoms with E-state index in [1.807, 2.05) is 6.92 Å². The Kier molecular flexibility index (Phi) is 30.6. The van der Waals surface area contributed by atoms with Gasteiger partial charge in [-0.25, -0.2) is 13.9 Å². The second kappa shape index (κ2) is 34.7. The first-order chi connectivity index (χ1) is 34.7. The molecule has 23 heteroatoms. The Balaban J connectivity index is 1.75. The number of carbonyl (C=O) groups is 3. The summed E-state index contributed by atoms with van der Waals surface area (Å²) < 4.78 is 59.0. The Bertz CT molecular complexity index is 1960. The second-order valence-electron chi connectivity index (χ2n) is 20.0. The van der Waals surface area contributed by atoms with Crippen molar-refractivity contribution in [2.45, 2.75) is 224 Å². The monoisotopic (exact) mass is 1080 g/mol. The van der Waals surface area contributed by atoms with E-state index >= 15 is 0 Å². The number of ketones is 1. The highest BCUT2D eigenvalue weighted by Crippen LogP contribution is 2.60. The van der Waals surface area contributed by atoms with E-state index in [-0.39, 0.29) is 31.5 Å². The van der Waals surface area contributed by atoms with E-state index in [9.17, 15) is 58.5 Å². The minimum Gasteiger partial charge on any atom is -0.462 e. The molecule has 3 heterocycles. The van der Waals surface area contributed by atoms with Crippen LogP contribution in [0.1, 0.15) is 188 Å². The third-order valence-corrected chi connectivity index (χ3v) is 15.8. The first kappa shape index (κ1) is 64.4. The second-order valence-corrected chi connectivity index (χ2v) is 23.0. The fourth-order valence-corrected chi connectivity index (χ4v) is 11.0. The third kappa shape index (κ3) is 26.1. The zero-order chi connectivity index (χ0) is 53.8. The number of phosphoric acid groups is 2. The predicted octanol–water partition coefficient (Wildman–Crippen LogP) is 7.67. The highest BCUT2D eigenvalue weighted by molar-refractivity contribution is 7.61. The predicted molar refractivity (Wildman–Crippen MR) is 271 cm³/mol. The first-order valence-corrected chi connectivity index (χ1v) is 29.7. The van der Waals surface area contributed by atoms with Crippen LogP contribution in [0.3, 0.4) is 0 Å². The molecule has 0 amide bonds. The summed E-state index contributed by atoms with van der Waals surface area (Å²) in [6, 6.07) is 1.25. The quantitative estimate of drug-likeness (QED) is 0.0226. The lowest BCUT2D eigenvalue weighted by Crippen LogP contribution is -2.51. The van der Waals surface area contributed by atoms with E-state index in [4.69, 9.17) is 29.0 Å². The minimum absolute atomic E-state index is 0.0578. The summed E-state index contributed by atoms with van der Waals surface area (Å²) in [6.45, 7) is 3.81. The van der Waals surface area contributed by atoms with Crippen LogP contribution in [-0.2, 0) is 51.1 Å². The van der Waals surface area contributed by atoms with Gasteiger partial charge in [-0.1, -0.05) is 148 Å². The normalized spacial score (nSPS) is 29.2. The minimum atomic E-state index is -5.71. The standard InChI is InChI=1S/C50H87N3O18P2/c1-4-5-18-24-37(54)28-29-39-41(55)32-42(56)40-25-20-16-17-22-27-46(58)69-38(33-66-45(57)26-21-15-13-11-9-7-6-8-10-12-14-19-23-36(2)3)34-67-72(62,63)71-73(64,65)68-35-43(48(60)47(39)59)70-49(40)53-31-30-44(51)52-50(53)61/h28-31,36-40,42-43,47-49,54,56,59-60H,4-27,32-35H2,1-3H3,(H,62,63)(H,64,65)(H2,51,52,61)/b29-28-/t37-,38+,39-,40-,42-,43+,47-,48+,49+/m0/s1. The molecule has 2 saturated heterocycles. The number of aliphatic hydroxyl groups is 4. The number of nitrogen functional groups attached to an aromatic ring is 1. The van der Waals surface area contributed by atoms with Crippen LogP contribution in [0.4, 0.5) is 5.82 Å². The Morgan fingerprint density at radius 1 is 0.849 bits per heavy atom. The first-order valence-electron chi connectivity index (χ1n) is 26.7. The number of unbranched alkanes of at least 4 members (excludes halogenated alkanes) is 13. The van der Waals surface area contributed by atoms with Gasteiger partial charge in [0.05, 0.1) is 37.4 Å². The molecule has 11 atom stereocenters. The average molecular weight is 1080 g/mol. The van der Waals surface area contributed by atoms with E-state index < -0.39 is 120 Å². The zero-order valence-corrected chi connectivity index (χ0v) is 45.1. The van der Waals surface area contributed by atoms with Gasteiger partial charge in [0.1, 0.15) is 36.6 Å². The SMILES string of the molecule is CCCCC[C@H](O)/C=C\[C@H]1C(=O)C[C@H](O)[C@@H]2CCCCCCC(=O)O[C@H](COC(=O)CCCCCCCCCCCCCCC(C)C)COP(=O)(O)OP(=O)(O)OC[C@@H](O[C@H]2n2ccc(N)nc2=O)[C@@H](O)[C@H]1O. The van der Waals surface area contributed by atoms with Crippen LogP contribution in [0.25, 0.3) is 0 Å². The lowest BCUT2D eigenvalue weighted by Gasteiger charge is -2.39. The van der Waals surface area contributed by atoms with Gasteiger partial charge in [-0.05, 0) is 37.7 Å². The van der Waals surface area contributed by atoms with Crippen molar-refractivity contribution in [1.29, 1.82) is 0 Å². The van der Waals surface area contributed by atoms with Gasteiger partial charge < -0.3 is 50.2 Å². The molecule has 0 aliphatic carbocycles. The lowest BCUT2D eigenvalue weighted by molar-refractivity contribution is -0.188. The van der Waals surface area contributed by atoms with Gasteiger partial charge in [-0.2, -0.15) is 9.29 Å². The van der Waals surface area contributed by atoms with Crippen molar-refractivity contribution in [3.8, 4) is 0 Å². The van der Waals surface area contributed by atoms with Crippen molar-refractivity contribution in [1.82, 2.24) is 9.55 Å². The molecule has 1 aromatic rings. The molecule has 2 unspecified atom stereocenters. The lowest BCUT2D eigenvalue weighted by atomic mass is 9.83. The van der Waals surface area contributed by atoms with E-state index in [1.165, 1.54) is 75.8 Å². The number of cyclic esters (lactones) is 1. The number of hydrogen-bond donors (Lipinski definition) is 7. The number of aromatic nitrogens is 2. The fraction of sp³-hybridized carbons (Fsp3) is 0.820. The van der Waals surface area contributed by atoms with Crippen LogP contribution in [0.15, 0.2) is 29.2 Å². The summed E-state index contributed by atoms with van der Waals surface area (Å²) >= 11 is 0. The number of nitrogens with two attached hydrogens (primary N) is 1. The van der Waals surface area contributed by atoms with Crippen molar-refractivity contribution in [3.05, 3.63) is 34.9 Å². The average Bonchev–Trinajstić information content (AvgIpc) is 3.31. The van der Waals surface area contributed by atoms with E-state index in [0.29, 0.717) is 38.5 Å². The number of rotatable bonds is 24. The third-order valence-electron chi connectivity index (χ3n) is 13.2. The molecular formula is C50H87N3O18P2. The summed E-state index contributed by atoms with van der Waals surface area (Å²) in [5, 5.41) is 45.7. The molecule has 3 rings (SSSR count). The maximum absolute atomic E-state index is 14.0. The van der Waals surface area contributed by atoms with Crippen molar-refractivity contribution < 1.29 is 81.3 Å². The molecule has 73 heavy (non-hydrogen) atoms. The molecule has 1 aromatic heterocycles. The number of phosphoric ester groups is 2. The van der Waals surface area contributed by atoms with Crippen LogP contribution in [0.2, 0.25) is 0 Å². The summed E-state index contributed by atoms with van der Waals surface area (Å²) in [5.41, 5.74) is 4.78. The van der Waals surface area contributed by atoms with Gasteiger partial charge in [0, 0.05) is 31.4 Å². The molecule has 2 fully saturated rings. The summed E-state index contributed by atoms with van der Waals surface area (Å²) in [6.07, 6.45) is 10.1. The molecule has 2 bridgehead atoms. The number of nitrogens with zero attached hydrogens (tertiary/aromatic N) is 2. The molecule has 8 N–H and O–H groups in total. The van der Waals surface area contributed by atoms with Crippen molar-refractivity contribution >= 4 is 39.2 Å². The molecule has 21 nitrogen and oxygen atoms in total. The summed E-state index contributed by atoms with van der Waals surface area (Å²) in [4.78, 5) is 78.1. The zero-order valence-electron chi connectivity index (χ0n) is 43.3. The summed E-state index contributed by atoms with van der Waals surface area (Å²) in [5.74, 6) is -4.25. The number of ether oxygens (including phenoxy) is 3. The summed E-state index contributed by atoms with van der Waals surface area (Å²) in [7, 11) is -11.3. The van der Waals surface area contributed by atoms with Crippen LogP contribution in [0.5, 0.6) is 0 Å². The molecule has 2 aliphatic heterocycles. The molecule has 0 aromatic carbocycles. The number of hydrogen-bond acceptors (Lipinski definition) is 18. The Labute approximate surface area is 431 Å². The van der Waals surface area contributed by atoms with Gasteiger partial charge in [0.2, 0.25) is 0 Å². The maximum Gasteiger partial charge on any atom is 0.481 e. The number of aliphatic hydroxyl groups excluding tert-OH is 4. The Hall–Kier alpha value is -2.91. The molecule has 0 spiro atoms. The molecule has 2 aliphatic rings. The largest absolute Gasteiger partial charge is 0.481 e. The molecular weight excluding hydrogens is 993 g/mol. The van der Waals surface area contributed by atoms with Crippen molar-refractivity contribution in [2.75, 3.05) is 25.6 Å². The van der Waals surface area contributed by atoms with Gasteiger partial charge in [-0.15, -0.1) is 0 Å². The molecule has 0 saturated carbocycles. The van der Waals surface area contributed by atoms with Crippen LogP contribution < -0.4 is 11.4 Å². The maximum atomic E-state index is 14.0. The van der Waals surface area contributed by atoms with Crippen molar-refractivity contribution in [2.24, 2.45) is 17.8 Å². The van der Waals surface area contributed by atoms with Crippen LogP contribution in [-0.4, -0.2) is 114 Å². The van der Waals surface area contributed by atoms with E-state index in [1.54, 1.807) is 0 Å². The molecule has 420 valence electrons. The van der Waals surface area contributed by atoms with Gasteiger partial charge in [0.25, 0.3) is 0 Å². The molecule has 0 radical (unpaired) electrons. The highest BCUT2D eigenvalue weighted by atomic mass is 31.3. The smallest absolute Gasteiger partial charge is 0.462 e. The Morgan fingerprint density at radius 2 is 1.45 bits per heavy atom. The fourth-order valence-electron chi connectivity index (χ4n) is 8.93. The van der Waals surface area contributed by atoms with Gasteiger partial charge in [0.15, 0.2) is 6.10 Å². The topological polar surface area (TPSA) is 323 Å². The number of Topliss-reactive ketones (excluding diaryl/α,β-unsaturated/α-hetero) is 1. The number of esters is 2. The Morgan fingerprint density at radius 3 is 2.08 bits per heavy atom. The van der Waals surface area contributed by atoms with Crippen molar-refractivity contribution in [3.63, 3.8) is 0 Å². The van der Waals surface area contributed by atoms with Crippen LogP contribution in [0, 0.1) is 17.8 Å². The highest BCUT2D eigenvalue weighted by Gasteiger charge is 2.45. The van der Waals surface area contributed by atoms with Gasteiger partial charge >= 0.3 is 33.3 Å². The van der Waals surface area contributed by atoms with Crippen LogP contribution >= 0.6 is 15.6 Å².